The molecule has 1 aliphatic rings. The number of nitrogens with zero attached hydrogens (tertiary/aromatic N) is 1. The maximum absolute atomic E-state index is 12.6. The number of nitrogens with two attached hydrogens (primary N) is 1. The number of amides is 2. The molecule has 1 aliphatic heterocycles. The molecule has 7 heteroatoms. The lowest BCUT2D eigenvalue weighted by atomic mass is 10.1. The molecule has 164 valence electrons. The van der Waals surface area contributed by atoms with E-state index in [9.17, 15) is 9.59 Å². The van der Waals surface area contributed by atoms with Crippen molar-refractivity contribution in [2.24, 2.45) is 5.73 Å². The number of methoxy groups -OCH3 is 1. The highest BCUT2D eigenvalue weighted by molar-refractivity contribution is 5.99. The van der Waals surface area contributed by atoms with Crippen molar-refractivity contribution < 1.29 is 19.1 Å². The lowest BCUT2D eigenvalue weighted by Gasteiger charge is -2.30. The van der Waals surface area contributed by atoms with Crippen molar-refractivity contribution in [2.45, 2.75) is 26.2 Å². The van der Waals surface area contributed by atoms with Crippen molar-refractivity contribution in [2.75, 3.05) is 37.0 Å². The topological polar surface area (TPSA) is 93.9 Å². The summed E-state index contributed by atoms with van der Waals surface area (Å²) in [7, 11) is 1.56. The Morgan fingerprint density at radius 3 is 2.55 bits per heavy atom. The summed E-state index contributed by atoms with van der Waals surface area (Å²) in [5, 5.41) is 2.88. The number of benzene rings is 2. The Bertz CT molecular complexity index is 965. The number of anilines is 2. The Morgan fingerprint density at radius 2 is 1.87 bits per heavy atom. The number of hydrogen-bond acceptors (Lipinski definition) is 5. The highest BCUT2D eigenvalue weighted by Crippen LogP contribution is 2.31. The van der Waals surface area contributed by atoms with E-state index in [1.54, 1.807) is 25.3 Å². The molecule has 7 nitrogen and oxygen atoms in total. The summed E-state index contributed by atoms with van der Waals surface area (Å²) < 4.78 is 11.1. The zero-order valence-electron chi connectivity index (χ0n) is 18.0. The number of hydrogen-bond donors (Lipinski definition) is 2. The monoisotopic (exact) mass is 423 g/mol. The van der Waals surface area contributed by atoms with E-state index >= 15 is 0 Å². The van der Waals surface area contributed by atoms with E-state index in [0.29, 0.717) is 22.7 Å². The molecule has 2 aromatic carbocycles. The van der Waals surface area contributed by atoms with Crippen LogP contribution in [0.15, 0.2) is 42.5 Å². The van der Waals surface area contributed by atoms with Crippen LogP contribution in [0, 0.1) is 0 Å². The normalized spacial score (nSPS) is 13.8. The van der Waals surface area contributed by atoms with E-state index in [4.69, 9.17) is 15.2 Å². The first-order chi connectivity index (χ1) is 15.0. The third-order valence-corrected chi connectivity index (χ3v) is 5.16. The second kappa shape index (κ2) is 10.5. The van der Waals surface area contributed by atoms with Crippen molar-refractivity contribution >= 4 is 29.3 Å². The summed E-state index contributed by atoms with van der Waals surface area (Å²) in [6.45, 7) is 3.56. The molecule has 0 unspecified atom stereocenters. The number of nitrogens with one attached hydrogen (secondary N) is 1. The molecule has 0 spiro atoms. The van der Waals surface area contributed by atoms with Crippen LogP contribution in [0.5, 0.6) is 11.5 Å². The van der Waals surface area contributed by atoms with E-state index < -0.39 is 5.91 Å². The summed E-state index contributed by atoms with van der Waals surface area (Å²) in [6, 6.07) is 10.7. The van der Waals surface area contributed by atoms with Crippen LogP contribution in [0.3, 0.4) is 0 Å². The molecule has 31 heavy (non-hydrogen) atoms. The van der Waals surface area contributed by atoms with Gasteiger partial charge in [0.05, 0.1) is 18.5 Å². The molecule has 3 rings (SSSR count). The predicted molar refractivity (Wildman–Crippen MR) is 123 cm³/mol. The van der Waals surface area contributed by atoms with E-state index in [0.717, 1.165) is 37.2 Å². The van der Waals surface area contributed by atoms with Crippen LogP contribution in [0.4, 0.5) is 11.4 Å². The van der Waals surface area contributed by atoms with Gasteiger partial charge in [-0.2, -0.15) is 0 Å². The Hall–Kier alpha value is -3.48. The maximum Gasteiger partial charge on any atom is 0.262 e. The van der Waals surface area contributed by atoms with Crippen LogP contribution in [0.2, 0.25) is 0 Å². The molecule has 0 aromatic heterocycles. The van der Waals surface area contributed by atoms with Crippen molar-refractivity contribution in [1.29, 1.82) is 0 Å². The van der Waals surface area contributed by atoms with Gasteiger partial charge in [-0.1, -0.05) is 18.2 Å². The highest BCUT2D eigenvalue weighted by Gasteiger charge is 2.18. The van der Waals surface area contributed by atoms with Gasteiger partial charge in [0, 0.05) is 18.7 Å². The van der Waals surface area contributed by atoms with Gasteiger partial charge in [0.25, 0.3) is 5.91 Å². The second-order valence-corrected chi connectivity index (χ2v) is 7.39. The fourth-order valence-electron chi connectivity index (χ4n) is 3.63. The van der Waals surface area contributed by atoms with Crippen LogP contribution in [-0.4, -0.2) is 38.6 Å². The maximum atomic E-state index is 12.6. The molecular weight excluding hydrogens is 394 g/mol. The quantitative estimate of drug-likeness (QED) is 0.673. The third-order valence-electron chi connectivity index (χ3n) is 5.16. The van der Waals surface area contributed by atoms with E-state index in [-0.39, 0.29) is 12.5 Å². The fourth-order valence-corrected chi connectivity index (χ4v) is 3.63. The number of rotatable bonds is 8. The summed E-state index contributed by atoms with van der Waals surface area (Å²) >= 11 is 0. The van der Waals surface area contributed by atoms with Crippen molar-refractivity contribution in [3.8, 4) is 11.5 Å². The first-order valence-corrected chi connectivity index (χ1v) is 10.4. The first-order valence-electron chi connectivity index (χ1n) is 10.4. The second-order valence-electron chi connectivity index (χ2n) is 7.39. The van der Waals surface area contributed by atoms with Gasteiger partial charge in [-0.15, -0.1) is 0 Å². The smallest absolute Gasteiger partial charge is 0.262 e. The van der Waals surface area contributed by atoms with Crippen LogP contribution in [0.25, 0.3) is 6.08 Å². The average molecular weight is 424 g/mol. The number of piperidine rings is 1. The number of carbonyl (C=O) groups excluding carboxylic acids is 2. The van der Waals surface area contributed by atoms with Gasteiger partial charge in [0.1, 0.15) is 0 Å². The number of primary amides is 1. The van der Waals surface area contributed by atoms with Crippen LogP contribution >= 0.6 is 0 Å². The highest BCUT2D eigenvalue weighted by atomic mass is 16.5. The summed E-state index contributed by atoms with van der Waals surface area (Å²) in [6.07, 6.45) is 7.27. The molecule has 0 aliphatic carbocycles. The molecule has 1 heterocycles. The van der Waals surface area contributed by atoms with Gasteiger partial charge < -0.3 is 25.4 Å². The van der Waals surface area contributed by atoms with Gasteiger partial charge in [-0.3, -0.25) is 9.59 Å². The number of allylic oxidation sites excluding steroid dienone is 1. The van der Waals surface area contributed by atoms with E-state index in [1.165, 1.54) is 6.42 Å². The van der Waals surface area contributed by atoms with Gasteiger partial charge in [0.15, 0.2) is 18.1 Å². The van der Waals surface area contributed by atoms with Crippen molar-refractivity contribution in [1.82, 2.24) is 0 Å². The van der Waals surface area contributed by atoms with Crippen molar-refractivity contribution in [3.05, 3.63) is 53.6 Å². The van der Waals surface area contributed by atoms with Gasteiger partial charge in [-0.25, -0.2) is 0 Å². The van der Waals surface area contributed by atoms with Crippen LogP contribution < -0.4 is 25.4 Å². The Labute approximate surface area is 182 Å². The zero-order chi connectivity index (χ0) is 22.2. The molecule has 2 aromatic rings. The molecule has 2 amide bonds. The molecule has 0 radical (unpaired) electrons. The Balaban J connectivity index is 1.73. The molecule has 0 bridgehead atoms. The average Bonchev–Trinajstić information content (AvgIpc) is 2.78. The molecule has 0 atom stereocenters. The van der Waals surface area contributed by atoms with E-state index in [1.807, 2.05) is 37.3 Å². The summed E-state index contributed by atoms with van der Waals surface area (Å²) in [5.41, 5.74) is 8.20. The molecule has 0 saturated carbocycles. The van der Waals surface area contributed by atoms with Crippen LogP contribution in [0.1, 0.15) is 42.1 Å². The van der Waals surface area contributed by atoms with Gasteiger partial charge in [0.2, 0.25) is 5.91 Å². The van der Waals surface area contributed by atoms with Crippen LogP contribution in [-0.2, 0) is 4.79 Å². The molecule has 1 saturated heterocycles. The minimum Gasteiger partial charge on any atom is -0.493 e. The van der Waals surface area contributed by atoms with Gasteiger partial charge in [-0.05, 0) is 62.1 Å². The number of ether oxygens (including phenoxy) is 2. The standard InChI is InChI=1S/C24H29N3O4/c1-3-7-17-8-11-21(22(14-17)30-2)31-16-23(28)26-19-15-18(24(25)29)9-10-20(19)27-12-5-4-6-13-27/h3,7-11,14-15H,4-6,12-13,16H2,1-2H3,(H2,25,29)(H,26,28). The van der Waals surface area contributed by atoms with Gasteiger partial charge >= 0.3 is 0 Å². The van der Waals surface area contributed by atoms with Crippen molar-refractivity contribution in [3.63, 3.8) is 0 Å². The minimum absolute atomic E-state index is 0.195. The Morgan fingerprint density at radius 1 is 1.10 bits per heavy atom. The zero-order valence-corrected chi connectivity index (χ0v) is 18.0. The third kappa shape index (κ3) is 5.78. The minimum atomic E-state index is -0.539. The molecule has 1 fully saturated rings. The first kappa shape index (κ1) is 22.2. The summed E-state index contributed by atoms with van der Waals surface area (Å²) in [4.78, 5) is 26.5. The fraction of sp³-hybridized carbons (Fsp3) is 0.333. The predicted octanol–water partition coefficient (Wildman–Crippen LogP) is 3.84. The number of carbonyl (C=O) groups is 2. The largest absolute Gasteiger partial charge is 0.493 e. The molecular formula is C24H29N3O4. The molecule has 3 N–H and O–H groups in total. The lowest BCUT2D eigenvalue weighted by molar-refractivity contribution is -0.118. The summed E-state index contributed by atoms with van der Waals surface area (Å²) in [5.74, 6) is 0.156. The van der Waals surface area contributed by atoms with E-state index in [2.05, 4.69) is 10.2 Å². The lowest BCUT2D eigenvalue weighted by Crippen LogP contribution is -2.31. The SMILES string of the molecule is CC=Cc1ccc(OCC(=O)Nc2cc(C(N)=O)ccc2N2CCCCC2)c(OC)c1. The Kier molecular flexibility index (Phi) is 7.54.